The van der Waals surface area contributed by atoms with Gasteiger partial charge in [0, 0.05) is 30.7 Å². The maximum atomic E-state index is 14.0. The van der Waals surface area contributed by atoms with Crippen molar-refractivity contribution in [2.24, 2.45) is 0 Å². The zero-order valence-electron chi connectivity index (χ0n) is 24.6. The number of nitrogens with one attached hydrogen (secondary N) is 2. The van der Waals surface area contributed by atoms with Crippen LogP contribution in [0.5, 0.6) is 11.5 Å². The van der Waals surface area contributed by atoms with Crippen molar-refractivity contribution in [1.29, 1.82) is 0 Å². The molecule has 12 heteroatoms. The molecule has 2 N–H and O–H groups in total. The molecule has 0 bridgehead atoms. The number of amides is 3. The van der Waals surface area contributed by atoms with Gasteiger partial charge in [-0.3, -0.25) is 14.4 Å². The largest absolute Gasteiger partial charge is 0.497 e. The second-order valence-corrected chi connectivity index (χ2v) is 9.71. The van der Waals surface area contributed by atoms with Gasteiger partial charge in [-0.2, -0.15) is 0 Å². The molecule has 0 saturated carbocycles. The molecule has 4 rings (SSSR count). The number of carbonyl (C=O) groups excluding carboxylic acids is 3. The number of hydrogen-bond acceptors (Lipinski definition) is 7. The first-order valence-electron chi connectivity index (χ1n) is 13.8. The zero-order valence-corrected chi connectivity index (χ0v) is 24.6. The molecule has 10 nitrogen and oxygen atoms in total. The highest BCUT2D eigenvalue weighted by molar-refractivity contribution is 6.06. The van der Waals surface area contributed by atoms with E-state index in [2.05, 4.69) is 27.2 Å². The molecular formula is C33H31F2N5O5. The van der Waals surface area contributed by atoms with E-state index in [0.717, 1.165) is 6.07 Å². The fraction of sp³-hybridized carbons (Fsp3) is 0.182. The van der Waals surface area contributed by atoms with E-state index >= 15 is 0 Å². The van der Waals surface area contributed by atoms with Gasteiger partial charge in [0.25, 0.3) is 11.8 Å². The van der Waals surface area contributed by atoms with E-state index in [1.807, 2.05) is 0 Å². The van der Waals surface area contributed by atoms with E-state index in [9.17, 15) is 23.2 Å². The van der Waals surface area contributed by atoms with Crippen LogP contribution in [0.4, 0.5) is 14.5 Å². The van der Waals surface area contributed by atoms with Gasteiger partial charge in [-0.1, -0.05) is 18.2 Å². The molecule has 0 radical (unpaired) electrons. The van der Waals surface area contributed by atoms with Crippen molar-refractivity contribution in [1.82, 2.24) is 20.6 Å². The first-order valence-corrected chi connectivity index (χ1v) is 13.8. The standard InChI is InChI=1S/C33H31F2N5O5/c1-4-15-40(25-7-11-27(45-3)12-8-25)29(41)20-38-32(42)30-31(37-14-13-36-30)33(43)39-28(22-5-9-26(44-2)10-6-22)18-21-16-23(34)19-24(35)17-21/h4-14,16-17,19,28H,1,15,18,20H2,2-3H3,(H,38,42)(H,39,43). The Morgan fingerprint density at radius 3 is 1.98 bits per heavy atom. The summed E-state index contributed by atoms with van der Waals surface area (Å²) in [5.41, 5.74) is 0.856. The zero-order chi connectivity index (χ0) is 32.3. The van der Waals surface area contributed by atoms with Gasteiger partial charge in [-0.25, -0.2) is 18.7 Å². The minimum atomic E-state index is -0.803. The summed E-state index contributed by atoms with van der Waals surface area (Å²) in [5, 5.41) is 5.30. The molecule has 3 amide bonds. The van der Waals surface area contributed by atoms with Gasteiger partial charge in [0.1, 0.15) is 23.1 Å². The Kier molecular flexibility index (Phi) is 10.9. The highest BCUT2D eigenvalue weighted by Crippen LogP contribution is 2.24. The van der Waals surface area contributed by atoms with Crippen LogP contribution in [-0.2, 0) is 11.2 Å². The Labute approximate surface area is 258 Å². The molecule has 0 aliphatic heterocycles. The van der Waals surface area contributed by atoms with E-state index in [0.29, 0.717) is 28.3 Å². The van der Waals surface area contributed by atoms with Crippen LogP contribution in [0, 0.1) is 11.6 Å². The summed E-state index contributed by atoms with van der Waals surface area (Å²) >= 11 is 0. The molecule has 0 aliphatic carbocycles. The van der Waals surface area contributed by atoms with Crippen molar-refractivity contribution >= 4 is 23.4 Å². The number of ether oxygens (including phenoxy) is 2. The van der Waals surface area contributed by atoms with E-state index < -0.39 is 41.9 Å². The van der Waals surface area contributed by atoms with Crippen molar-refractivity contribution in [2.75, 3.05) is 32.2 Å². The van der Waals surface area contributed by atoms with Crippen molar-refractivity contribution in [2.45, 2.75) is 12.5 Å². The lowest BCUT2D eigenvalue weighted by atomic mass is 9.98. The number of aromatic nitrogens is 2. The fourth-order valence-electron chi connectivity index (χ4n) is 4.53. The van der Waals surface area contributed by atoms with Crippen LogP contribution in [0.25, 0.3) is 0 Å². The smallest absolute Gasteiger partial charge is 0.272 e. The number of benzene rings is 3. The fourth-order valence-corrected chi connectivity index (χ4v) is 4.53. The number of nitrogens with zero attached hydrogens (tertiary/aromatic N) is 3. The molecule has 1 aromatic heterocycles. The Morgan fingerprint density at radius 1 is 0.867 bits per heavy atom. The molecule has 0 saturated heterocycles. The average Bonchev–Trinajstić information content (AvgIpc) is 3.05. The second-order valence-electron chi connectivity index (χ2n) is 9.71. The first kappa shape index (κ1) is 32.3. The van der Waals surface area contributed by atoms with E-state index in [1.54, 1.807) is 54.6 Å². The molecule has 45 heavy (non-hydrogen) atoms. The van der Waals surface area contributed by atoms with E-state index in [1.165, 1.54) is 43.6 Å². The molecule has 0 fully saturated rings. The summed E-state index contributed by atoms with van der Waals surface area (Å²) in [4.78, 5) is 49.3. The van der Waals surface area contributed by atoms with Crippen LogP contribution < -0.4 is 25.0 Å². The predicted octanol–water partition coefficient (Wildman–Crippen LogP) is 4.43. The van der Waals surface area contributed by atoms with Crippen LogP contribution in [0.15, 0.2) is 91.8 Å². The summed E-state index contributed by atoms with van der Waals surface area (Å²) in [6.45, 7) is 3.47. The topological polar surface area (TPSA) is 123 Å². The highest BCUT2D eigenvalue weighted by Gasteiger charge is 2.25. The minimum Gasteiger partial charge on any atom is -0.497 e. The third-order valence-electron chi connectivity index (χ3n) is 6.71. The molecular weight excluding hydrogens is 584 g/mol. The van der Waals surface area contributed by atoms with Crippen molar-refractivity contribution < 1.29 is 32.6 Å². The van der Waals surface area contributed by atoms with Crippen LogP contribution in [0.3, 0.4) is 0 Å². The molecule has 1 heterocycles. The summed E-state index contributed by atoms with van der Waals surface area (Å²) < 4.78 is 38.3. The van der Waals surface area contributed by atoms with Gasteiger partial charge < -0.3 is 25.0 Å². The molecule has 232 valence electrons. The van der Waals surface area contributed by atoms with Gasteiger partial charge in [-0.15, -0.1) is 6.58 Å². The maximum Gasteiger partial charge on any atom is 0.272 e. The normalized spacial score (nSPS) is 11.2. The number of carbonyl (C=O) groups is 3. The van der Waals surface area contributed by atoms with Crippen molar-refractivity contribution in [3.05, 3.63) is 126 Å². The third-order valence-corrected chi connectivity index (χ3v) is 6.71. The average molecular weight is 616 g/mol. The molecule has 0 spiro atoms. The summed E-state index contributed by atoms with van der Waals surface area (Å²) in [5.74, 6) is -2.33. The second kappa shape index (κ2) is 15.2. The lowest BCUT2D eigenvalue weighted by Gasteiger charge is -2.22. The monoisotopic (exact) mass is 615 g/mol. The third kappa shape index (κ3) is 8.47. The van der Waals surface area contributed by atoms with Crippen LogP contribution >= 0.6 is 0 Å². The van der Waals surface area contributed by atoms with Gasteiger partial charge in [0.2, 0.25) is 5.91 Å². The molecule has 3 aromatic carbocycles. The Bertz CT molecular complexity index is 1650. The lowest BCUT2D eigenvalue weighted by Crippen LogP contribution is -2.41. The van der Waals surface area contributed by atoms with Gasteiger partial charge in [-0.05, 0) is 66.1 Å². The molecule has 4 aromatic rings. The summed E-state index contributed by atoms with van der Waals surface area (Å²) in [6.07, 6.45) is 4.06. The molecule has 1 unspecified atom stereocenters. The van der Waals surface area contributed by atoms with E-state index in [-0.39, 0.29) is 24.4 Å². The molecule has 1 atom stereocenters. The number of anilines is 1. The predicted molar refractivity (Wildman–Crippen MR) is 163 cm³/mol. The highest BCUT2D eigenvalue weighted by atomic mass is 19.1. The van der Waals surface area contributed by atoms with Crippen molar-refractivity contribution in [3.63, 3.8) is 0 Å². The van der Waals surface area contributed by atoms with Crippen LogP contribution in [0.2, 0.25) is 0 Å². The van der Waals surface area contributed by atoms with Gasteiger partial charge in [0.05, 0.1) is 26.8 Å². The SMILES string of the molecule is C=CCN(C(=O)CNC(=O)c1nccnc1C(=O)NC(Cc1cc(F)cc(F)c1)c1ccc(OC)cc1)c1ccc(OC)cc1. The quantitative estimate of drug-likeness (QED) is 0.213. The Morgan fingerprint density at radius 2 is 1.42 bits per heavy atom. The van der Waals surface area contributed by atoms with Crippen LogP contribution in [-0.4, -0.2) is 55.0 Å². The number of methoxy groups -OCH3 is 2. The molecule has 0 aliphatic rings. The summed E-state index contributed by atoms with van der Waals surface area (Å²) in [6, 6.07) is 15.9. The lowest BCUT2D eigenvalue weighted by molar-refractivity contribution is -0.117. The van der Waals surface area contributed by atoms with E-state index in [4.69, 9.17) is 9.47 Å². The Balaban J connectivity index is 1.52. The Hall–Kier alpha value is -5.65. The number of rotatable bonds is 13. The minimum absolute atomic E-state index is 0.0214. The maximum absolute atomic E-state index is 14.0. The van der Waals surface area contributed by atoms with Gasteiger partial charge in [0.15, 0.2) is 11.4 Å². The van der Waals surface area contributed by atoms with Crippen molar-refractivity contribution in [3.8, 4) is 11.5 Å². The summed E-state index contributed by atoms with van der Waals surface area (Å²) in [7, 11) is 3.04. The van der Waals surface area contributed by atoms with Crippen LogP contribution in [0.1, 0.15) is 38.1 Å². The number of hydrogen-bond donors (Lipinski definition) is 2. The number of halogens is 2. The first-order chi connectivity index (χ1) is 21.7. The van der Waals surface area contributed by atoms with Gasteiger partial charge >= 0.3 is 0 Å².